The zero-order chi connectivity index (χ0) is 25.6. The number of aromatic nitrogens is 1. The number of benzene rings is 3. The number of aliphatic carboxylic acids is 1. The van der Waals surface area contributed by atoms with Crippen molar-refractivity contribution in [3.8, 4) is 11.1 Å². The highest BCUT2D eigenvalue weighted by molar-refractivity contribution is 7.99. The van der Waals surface area contributed by atoms with E-state index in [-0.39, 0.29) is 6.42 Å². The molecule has 1 N–H and O–H groups in total. The van der Waals surface area contributed by atoms with Gasteiger partial charge >= 0.3 is 5.97 Å². The summed E-state index contributed by atoms with van der Waals surface area (Å²) in [7, 11) is 8.20. The van der Waals surface area contributed by atoms with E-state index in [1.807, 2.05) is 24.0 Å². The van der Waals surface area contributed by atoms with Crippen LogP contribution in [0.5, 0.6) is 0 Å². The average Bonchev–Trinajstić information content (AvgIpc) is 3.39. The number of fused-ring (bicyclic) bond motifs is 2. The van der Waals surface area contributed by atoms with Crippen molar-refractivity contribution < 1.29 is 9.90 Å². The van der Waals surface area contributed by atoms with Crippen molar-refractivity contribution in [1.29, 1.82) is 0 Å². The summed E-state index contributed by atoms with van der Waals surface area (Å²) < 4.78 is 2.24. The number of rotatable bonds is 7. The van der Waals surface area contributed by atoms with Crippen molar-refractivity contribution in [3.63, 3.8) is 0 Å². The number of hydrogen-bond donors (Lipinski definition) is 1. The number of hydrogen-bond acceptors (Lipinski definition) is 4. The lowest BCUT2D eigenvalue weighted by molar-refractivity contribution is -0.136. The van der Waals surface area contributed by atoms with Gasteiger partial charge in [0.05, 0.1) is 6.42 Å². The molecule has 0 fully saturated rings. The Hall–Kier alpha value is -3.09. The Bertz CT molecular complexity index is 1430. The van der Waals surface area contributed by atoms with Crippen LogP contribution in [0.25, 0.3) is 22.0 Å². The summed E-state index contributed by atoms with van der Waals surface area (Å²) in [6.07, 6.45) is 2.03. The molecule has 0 spiro atoms. The van der Waals surface area contributed by atoms with Gasteiger partial charge in [-0.05, 0) is 64.7 Å². The third-order valence-electron chi connectivity index (χ3n) is 6.84. The maximum atomic E-state index is 11.6. The maximum absolute atomic E-state index is 11.6. The Morgan fingerprint density at radius 2 is 1.72 bits per heavy atom. The lowest BCUT2D eigenvalue weighted by atomic mass is 10.00. The second-order valence-corrected chi connectivity index (χ2v) is 11.3. The van der Waals surface area contributed by atoms with Gasteiger partial charge in [-0.2, -0.15) is 0 Å². The number of carbonyl (C=O) groups is 1. The van der Waals surface area contributed by atoms with Crippen LogP contribution in [-0.2, 0) is 17.8 Å². The van der Waals surface area contributed by atoms with E-state index < -0.39 is 5.97 Å². The van der Waals surface area contributed by atoms with Crippen LogP contribution in [0.3, 0.4) is 0 Å². The summed E-state index contributed by atoms with van der Waals surface area (Å²) in [4.78, 5) is 17.1. The van der Waals surface area contributed by atoms with Crippen LogP contribution in [0.2, 0.25) is 5.02 Å². The van der Waals surface area contributed by atoms with Crippen molar-refractivity contribution in [2.45, 2.75) is 23.8 Å². The molecular weight excluding hydrogens is 490 g/mol. The van der Waals surface area contributed by atoms with E-state index in [2.05, 4.69) is 91.1 Å². The van der Waals surface area contributed by atoms with Gasteiger partial charge in [0.15, 0.2) is 0 Å². The molecule has 5 nitrogen and oxygen atoms in total. The highest BCUT2D eigenvalue weighted by Gasteiger charge is 2.25. The summed E-state index contributed by atoms with van der Waals surface area (Å²) in [5.74, 6) is 0.486. The number of anilines is 2. The van der Waals surface area contributed by atoms with Gasteiger partial charge in [0.25, 0.3) is 0 Å². The molecule has 1 unspecified atom stereocenters. The van der Waals surface area contributed by atoms with E-state index in [4.69, 9.17) is 11.6 Å². The second-order valence-electron chi connectivity index (χ2n) is 9.83. The molecule has 36 heavy (non-hydrogen) atoms. The van der Waals surface area contributed by atoms with Crippen molar-refractivity contribution >= 4 is 51.6 Å². The summed E-state index contributed by atoms with van der Waals surface area (Å²) in [6.45, 7) is 0.778. The molecular formula is C29H30ClN3O2S. The molecule has 1 aliphatic rings. The van der Waals surface area contributed by atoms with E-state index >= 15 is 0 Å². The number of nitrogens with zero attached hydrogens (tertiary/aromatic N) is 3. The highest BCUT2D eigenvalue weighted by Crippen LogP contribution is 2.42. The van der Waals surface area contributed by atoms with Crippen LogP contribution in [-0.4, -0.2) is 49.6 Å². The van der Waals surface area contributed by atoms with E-state index in [0.717, 1.165) is 56.3 Å². The Morgan fingerprint density at radius 1 is 1.00 bits per heavy atom. The predicted octanol–water partition coefficient (Wildman–Crippen LogP) is 6.61. The summed E-state index contributed by atoms with van der Waals surface area (Å²) in [5.41, 5.74) is 7.69. The van der Waals surface area contributed by atoms with Crippen molar-refractivity contribution in [2.24, 2.45) is 0 Å². The Labute approximate surface area is 221 Å². The van der Waals surface area contributed by atoms with Crippen molar-refractivity contribution in [2.75, 3.05) is 43.7 Å². The fraction of sp³-hybridized carbons (Fsp3) is 0.276. The normalized spacial score (nSPS) is 14.8. The minimum Gasteiger partial charge on any atom is -0.481 e. The summed E-state index contributed by atoms with van der Waals surface area (Å²) in [6, 6.07) is 19.1. The smallest absolute Gasteiger partial charge is 0.307 e. The first-order valence-corrected chi connectivity index (χ1v) is 13.3. The van der Waals surface area contributed by atoms with Crippen LogP contribution in [0.4, 0.5) is 11.4 Å². The van der Waals surface area contributed by atoms with Gasteiger partial charge in [-0.25, -0.2) is 0 Å². The molecule has 5 rings (SSSR count). The summed E-state index contributed by atoms with van der Waals surface area (Å²) >= 11 is 8.18. The van der Waals surface area contributed by atoms with Gasteiger partial charge in [0.1, 0.15) is 0 Å². The zero-order valence-corrected chi connectivity index (χ0v) is 22.5. The number of thioether (sulfide) groups is 1. The molecule has 2 heterocycles. The first kappa shape index (κ1) is 24.6. The average molecular weight is 520 g/mol. The van der Waals surface area contributed by atoms with Crippen LogP contribution < -0.4 is 9.80 Å². The van der Waals surface area contributed by atoms with Gasteiger partial charge in [0, 0.05) is 84.8 Å². The van der Waals surface area contributed by atoms with Crippen LogP contribution in [0.15, 0.2) is 65.7 Å². The monoisotopic (exact) mass is 519 g/mol. The minimum atomic E-state index is -0.819. The standard InChI is InChI=1S/C29H30ClN3O2S/c1-31(2)23-9-19(10-24(14-23)32(3)4)18-5-7-25-20(12-29(34)35)15-33(27(25)11-18)16-21-17-36-28-8-6-22(30)13-26(21)28/h5-11,13-15,21H,12,16-17H2,1-4H3,(H,34,35). The first-order valence-electron chi connectivity index (χ1n) is 12.0. The van der Waals surface area contributed by atoms with Crippen molar-refractivity contribution in [1.82, 2.24) is 4.57 Å². The number of carboxylic acids is 1. The Balaban J connectivity index is 1.61. The van der Waals surface area contributed by atoms with E-state index in [0.29, 0.717) is 5.92 Å². The van der Waals surface area contributed by atoms with Gasteiger partial charge in [-0.1, -0.05) is 23.7 Å². The molecule has 0 saturated heterocycles. The van der Waals surface area contributed by atoms with Crippen LogP contribution in [0.1, 0.15) is 17.0 Å². The highest BCUT2D eigenvalue weighted by atomic mass is 35.5. The SMILES string of the molecule is CN(C)c1cc(-c2ccc3c(CC(=O)O)cn(CC4CSc5ccc(Cl)cc54)c3c2)cc(N(C)C)c1. The minimum absolute atomic E-state index is 0.00553. The number of halogens is 1. The summed E-state index contributed by atoms with van der Waals surface area (Å²) in [5, 5.41) is 11.3. The number of carboxylic acid groups (broad SMARTS) is 1. The third-order valence-corrected chi connectivity index (χ3v) is 8.33. The molecule has 0 saturated carbocycles. The lowest BCUT2D eigenvalue weighted by Crippen LogP contribution is -2.12. The van der Waals surface area contributed by atoms with Crippen molar-refractivity contribution in [3.05, 3.63) is 76.9 Å². The van der Waals surface area contributed by atoms with Gasteiger partial charge < -0.3 is 19.5 Å². The molecule has 0 bridgehead atoms. The third kappa shape index (κ3) is 4.80. The Kier molecular flexibility index (Phi) is 6.66. The van der Waals surface area contributed by atoms with E-state index in [1.54, 1.807) is 0 Å². The lowest BCUT2D eigenvalue weighted by Gasteiger charge is -2.20. The van der Waals surface area contributed by atoms with Gasteiger partial charge in [-0.3, -0.25) is 4.79 Å². The molecule has 7 heteroatoms. The largest absolute Gasteiger partial charge is 0.481 e. The predicted molar refractivity (Wildman–Crippen MR) is 152 cm³/mol. The molecule has 1 aliphatic heterocycles. The molecule has 3 aromatic carbocycles. The quantitative estimate of drug-likeness (QED) is 0.297. The van der Waals surface area contributed by atoms with Gasteiger partial charge in [-0.15, -0.1) is 11.8 Å². The first-order chi connectivity index (χ1) is 17.2. The van der Waals surface area contributed by atoms with E-state index in [9.17, 15) is 9.90 Å². The molecule has 1 atom stereocenters. The molecule has 0 aliphatic carbocycles. The molecule has 186 valence electrons. The molecule has 0 amide bonds. The van der Waals surface area contributed by atoms with E-state index in [1.165, 1.54) is 10.5 Å². The van der Waals surface area contributed by atoms with Crippen LogP contribution in [0, 0.1) is 0 Å². The Morgan fingerprint density at radius 3 is 2.39 bits per heavy atom. The zero-order valence-electron chi connectivity index (χ0n) is 21.0. The topological polar surface area (TPSA) is 48.7 Å². The second kappa shape index (κ2) is 9.75. The molecule has 1 aromatic heterocycles. The fourth-order valence-electron chi connectivity index (χ4n) is 4.92. The maximum Gasteiger partial charge on any atom is 0.307 e. The molecule has 4 aromatic rings. The van der Waals surface area contributed by atoms with Crippen LogP contribution >= 0.6 is 23.4 Å². The fourth-order valence-corrected chi connectivity index (χ4v) is 6.32. The molecule has 0 radical (unpaired) electrons. The van der Waals surface area contributed by atoms with Gasteiger partial charge in [0.2, 0.25) is 0 Å².